The molecule has 21 heavy (non-hydrogen) atoms. The number of hydrogen-bond donors (Lipinski definition) is 0. The van der Waals surface area contributed by atoms with Crippen molar-refractivity contribution in [2.75, 3.05) is 20.6 Å². The fraction of sp³-hybridized carbons (Fsp3) is 0.278. The molecular formula is C18H20N2S. The summed E-state index contributed by atoms with van der Waals surface area (Å²) in [5.41, 5.74) is 2.47. The minimum absolute atomic E-state index is 0.381. The Morgan fingerprint density at radius 3 is 2.43 bits per heavy atom. The van der Waals surface area contributed by atoms with E-state index in [1.54, 1.807) is 0 Å². The molecule has 1 unspecified atom stereocenters. The van der Waals surface area contributed by atoms with Crippen LogP contribution in [0.5, 0.6) is 0 Å². The van der Waals surface area contributed by atoms with Crippen molar-refractivity contribution in [3.05, 3.63) is 65.2 Å². The molecule has 0 bridgehead atoms. The van der Waals surface area contributed by atoms with Crippen LogP contribution in [0.4, 0.5) is 0 Å². The number of rotatable bonds is 5. The molecule has 0 aliphatic carbocycles. The van der Waals surface area contributed by atoms with Crippen molar-refractivity contribution in [1.29, 1.82) is 0 Å². The lowest BCUT2D eigenvalue weighted by molar-refractivity contribution is 0.390. The van der Waals surface area contributed by atoms with Crippen LogP contribution in [0.1, 0.15) is 22.9 Å². The Bertz CT molecular complexity index is 670. The van der Waals surface area contributed by atoms with Crippen LogP contribution >= 0.6 is 11.3 Å². The maximum absolute atomic E-state index is 4.87. The first-order valence-corrected chi connectivity index (χ1v) is 8.11. The van der Waals surface area contributed by atoms with Gasteiger partial charge in [0.05, 0.1) is 10.2 Å². The van der Waals surface area contributed by atoms with Gasteiger partial charge >= 0.3 is 0 Å². The van der Waals surface area contributed by atoms with E-state index in [0.717, 1.165) is 18.5 Å². The molecule has 3 aromatic rings. The van der Waals surface area contributed by atoms with E-state index in [0.29, 0.717) is 5.92 Å². The van der Waals surface area contributed by atoms with E-state index in [9.17, 15) is 0 Å². The predicted molar refractivity (Wildman–Crippen MR) is 91.1 cm³/mol. The second kappa shape index (κ2) is 6.37. The minimum atomic E-state index is 0.381. The lowest BCUT2D eigenvalue weighted by Crippen LogP contribution is -2.16. The fourth-order valence-electron chi connectivity index (χ4n) is 2.54. The van der Waals surface area contributed by atoms with Gasteiger partial charge in [0.15, 0.2) is 0 Å². The standard InChI is InChI=1S/C18H20N2S/c1-20(2)13-12-15(14-8-4-3-5-9-14)18-19-16-10-6-7-11-17(16)21-18/h3-11,15H,12-13H2,1-2H3. The summed E-state index contributed by atoms with van der Waals surface area (Å²) in [6, 6.07) is 19.1. The fourth-order valence-corrected chi connectivity index (χ4v) is 3.67. The monoisotopic (exact) mass is 296 g/mol. The Morgan fingerprint density at radius 2 is 1.71 bits per heavy atom. The molecule has 2 nitrogen and oxygen atoms in total. The zero-order chi connectivity index (χ0) is 14.7. The molecule has 0 radical (unpaired) electrons. The van der Waals surface area contributed by atoms with Crippen LogP contribution < -0.4 is 0 Å². The SMILES string of the molecule is CN(C)CCC(c1ccccc1)c1nc2ccccc2s1. The molecule has 3 rings (SSSR count). The third kappa shape index (κ3) is 3.31. The third-order valence-electron chi connectivity index (χ3n) is 3.68. The van der Waals surface area contributed by atoms with Crippen molar-refractivity contribution in [3.63, 3.8) is 0 Å². The van der Waals surface area contributed by atoms with Crippen LogP contribution in [0, 0.1) is 0 Å². The van der Waals surface area contributed by atoms with E-state index in [1.165, 1.54) is 15.3 Å². The van der Waals surface area contributed by atoms with Gasteiger partial charge in [0, 0.05) is 5.92 Å². The van der Waals surface area contributed by atoms with Crippen LogP contribution in [-0.4, -0.2) is 30.5 Å². The average molecular weight is 296 g/mol. The second-order valence-electron chi connectivity index (χ2n) is 5.58. The Morgan fingerprint density at radius 1 is 1.00 bits per heavy atom. The van der Waals surface area contributed by atoms with Crippen molar-refractivity contribution in [3.8, 4) is 0 Å². The van der Waals surface area contributed by atoms with E-state index in [4.69, 9.17) is 4.98 Å². The maximum Gasteiger partial charge on any atom is 0.101 e. The van der Waals surface area contributed by atoms with Crippen LogP contribution in [-0.2, 0) is 0 Å². The number of nitrogens with zero attached hydrogens (tertiary/aromatic N) is 2. The maximum atomic E-state index is 4.87. The predicted octanol–water partition coefficient (Wildman–Crippen LogP) is 4.38. The average Bonchev–Trinajstić information content (AvgIpc) is 2.92. The van der Waals surface area contributed by atoms with E-state index >= 15 is 0 Å². The van der Waals surface area contributed by atoms with Crippen molar-refractivity contribution < 1.29 is 0 Å². The largest absolute Gasteiger partial charge is 0.309 e. The summed E-state index contributed by atoms with van der Waals surface area (Å²) in [7, 11) is 4.25. The van der Waals surface area contributed by atoms with Crippen LogP contribution in [0.2, 0.25) is 0 Å². The number of benzene rings is 2. The van der Waals surface area contributed by atoms with Crippen LogP contribution in [0.25, 0.3) is 10.2 Å². The highest BCUT2D eigenvalue weighted by atomic mass is 32.1. The molecule has 0 spiro atoms. The summed E-state index contributed by atoms with van der Waals surface area (Å²) in [4.78, 5) is 7.11. The van der Waals surface area contributed by atoms with Gasteiger partial charge in [-0.1, -0.05) is 42.5 Å². The van der Waals surface area contributed by atoms with Gasteiger partial charge in [0.1, 0.15) is 5.01 Å². The topological polar surface area (TPSA) is 16.1 Å². The molecule has 1 heterocycles. The van der Waals surface area contributed by atoms with Crippen molar-refractivity contribution in [1.82, 2.24) is 9.88 Å². The normalized spacial score (nSPS) is 12.9. The zero-order valence-electron chi connectivity index (χ0n) is 12.5. The molecule has 0 saturated carbocycles. The van der Waals surface area contributed by atoms with E-state index in [2.05, 4.69) is 73.6 Å². The highest BCUT2D eigenvalue weighted by Gasteiger charge is 2.18. The Kier molecular flexibility index (Phi) is 4.32. The minimum Gasteiger partial charge on any atom is -0.309 e. The van der Waals surface area contributed by atoms with Gasteiger partial charge in [-0.2, -0.15) is 0 Å². The third-order valence-corrected chi connectivity index (χ3v) is 4.83. The summed E-state index contributed by atoms with van der Waals surface area (Å²) < 4.78 is 1.28. The quantitative estimate of drug-likeness (QED) is 0.694. The summed E-state index contributed by atoms with van der Waals surface area (Å²) in [6.45, 7) is 1.06. The van der Waals surface area contributed by atoms with Crippen molar-refractivity contribution in [2.45, 2.75) is 12.3 Å². The first-order valence-electron chi connectivity index (χ1n) is 7.29. The molecule has 0 amide bonds. The molecule has 108 valence electrons. The lowest BCUT2D eigenvalue weighted by Gasteiger charge is -2.17. The number of hydrogen-bond acceptors (Lipinski definition) is 3. The smallest absolute Gasteiger partial charge is 0.101 e. The number of thiazole rings is 1. The molecule has 0 aliphatic heterocycles. The summed E-state index contributed by atoms with van der Waals surface area (Å²) in [6.07, 6.45) is 1.09. The van der Waals surface area contributed by atoms with Crippen molar-refractivity contribution in [2.24, 2.45) is 0 Å². The second-order valence-corrected chi connectivity index (χ2v) is 6.64. The summed E-state index contributed by atoms with van der Waals surface area (Å²) in [5, 5.41) is 1.23. The van der Waals surface area contributed by atoms with Crippen LogP contribution in [0.3, 0.4) is 0 Å². The van der Waals surface area contributed by atoms with E-state index in [1.807, 2.05) is 11.3 Å². The van der Waals surface area contributed by atoms with Crippen LogP contribution in [0.15, 0.2) is 54.6 Å². The molecule has 0 saturated heterocycles. The molecule has 1 aromatic heterocycles. The highest BCUT2D eigenvalue weighted by Crippen LogP contribution is 2.33. The Balaban J connectivity index is 1.97. The van der Waals surface area contributed by atoms with Gasteiger partial charge in [0.25, 0.3) is 0 Å². The van der Waals surface area contributed by atoms with Gasteiger partial charge in [-0.05, 0) is 44.8 Å². The zero-order valence-corrected chi connectivity index (χ0v) is 13.3. The molecule has 0 N–H and O–H groups in total. The molecular weight excluding hydrogens is 276 g/mol. The van der Waals surface area contributed by atoms with Gasteiger partial charge in [-0.15, -0.1) is 11.3 Å². The highest BCUT2D eigenvalue weighted by molar-refractivity contribution is 7.18. The van der Waals surface area contributed by atoms with Gasteiger partial charge < -0.3 is 4.90 Å². The summed E-state index contributed by atoms with van der Waals surface area (Å²) in [5.74, 6) is 0.381. The molecule has 3 heteroatoms. The number of fused-ring (bicyclic) bond motifs is 1. The molecule has 0 aliphatic rings. The van der Waals surface area contributed by atoms with Gasteiger partial charge in [-0.25, -0.2) is 4.98 Å². The first kappa shape index (κ1) is 14.2. The van der Waals surface area contributed by atoms with Gasteiger partial charge in [-0.3, -0.25) is 0 Å². The number of para-hydroxylation sites is 1. The van der Waals surface area contributed by atoms with Crippen molar-refractivity contribution >= 4 is 21.6 Å². The molecule has 1 atom stereocenters. The lowest BCUT2D eigenvalue weighted by atomic mass is 9.96. The molecule has 2 aromatic carbocycles. The summed E-state index contributed by atoms with van der Waals surface area (Å²) >= 11 is 1.82. The molecule has 0 fully saturated rings. The van der Waals surface area contributed by atoms with Gasteiger partial charge in [0.2, 0.25) is 0 Å². The van der Waals surface area contributed by atoms with E-state index < -0.39 is 0 Å². The Labute approximate surface area is 130 Å². The Hall–Kier alpha value is -1.71. The van der Waals surface area contributed by atoms with E-state index in [-0.39, 0.29) is 0 Å². The number of aromatic nitrogens is 1. The first-order chi connectivity index (χ1) is 10.2.